The molecule has 1 fully saturated rings. The summed E-state index contributed by atoms with van der Waals surface area (Å²) < 4.78 is 0.805. The average molecular weight is 350 g/mol. The van der Waals surface area contributed by atoms with Crippen LogP contribution in [-0.2, 0) is 4.79 Å². The second-order valence-electron chi connectivity index (χ2n) is 5.61. The lowest BCUT2D eigenvalue weighted by Gasteiger charge is -2.33. The van der Waals surface area contributed by atoms with Crippen LogP contribution in [0, 0.1) is 17.2 Å². The zero-order valence-electron chi connectivity index (χ0n) is 11.9. The van der Waals surface area contributed by atoms with E-state index in [1.807, 2.05) is 18.2 Å². The van der Waals surface area contributed by atoms with Crippen molar-refractivity contribution in [2.45, 2.75) is 44.6 Å². The van der Waals surface area contributed by atoms with Gasteiger partial charge in [0.1, 0.15) is 6.07 Å². The molecule has 21 heavy (non-hydrogen) atoms. The second-order valence-corrected chi connectivity index (χ2v) is 6.46. The minimum atomic E-state index is -0.222. The van der Waals surface area contributed by atoms with Crippen LogP contribution in [0.5, 0.6) is 0 Å². The fourth-order valence-electron chi connectivity index (χ4n) is 2.98. The van der Waals surface area contributed by atoms with E-state index < -0.39 is 0 Å². The maximum atomic E-state index is 11.0. The number of nitrogens with one attached hydrogen (secondary N) is 1. The summed E-state index contributed by atoms with van der Waals surface area (Å²) in [5.41, 5.74) is 6.91. The predicted octanol–water partition coefficient (Wildman–Crippen LogP) is 3.56. The number of nitrogens with two attached hydrogens (primary N) is 1. The van der Waals surface area contributed by atoms with Gasteiger partial charge in [0.25, 0.3) is 0 Å². The molecule has 2 unspecified atom stereocenters. The molecule has 0 radical (unpaired) electrons. The van der Waals surface area contributed by atoms with Crippen LogP contribution < -0.4 is 11.1 Å². The van der Waals surface area contributed by atoms with Crippen molar-refractivity contribution in [2.24, 2.45) is 11.7 Å². The Labute approximate surface area is 133 Å². The molecule has 0 bridgehead atoms. The van der Waals surface area contributed by atoms with Crippen LogP contribution >= 0.6 is 15.9 Å². The van der Waals surface area contributed by atoms with Crippen molar-refractivity contribution in [3.05, 3.63) is 28.2 Å². The van der Waals surface area contributed by atoms with Crippen molar-refractivity contribution in [3.8, 4) is 6.07 Å². The van der Waals surface area contributed by atoms with E-state index in [4.69, 9.17) is 11.0 Å². The maximum Gasteiger partial charge on any atom is 0.217 e. The summed E-state index contributed by atoms with van der Waals surface area (Å²) in [6.45, 7) is 0. The first-order valence-electron chi connectivity index (χ1n) is 7.34. The molecule has 5 heteroatoms. The first kappa shape index (κ1) is 15.8. The van der Waals surface area contributed by atoms with E-state index in [1.54, 1.807) is 0 Å². The van der Waals surface area contributed by atoms with Crippen molar-refractivity contribution >= 4 is 27.5 Å². The Balaban J connectivity index is 2.03. The van der Waals surface area contributed by atoms with E-state index in [2.05, 4.69) is 27.3 Å². The molecule has 1 aromatic rings. The van der Waals surface area contributed by atoms with Gasteiger partial charge >= 0.3 is 0 Å². The van der Waals surface area contributed by atoms with Gasteiger partial charge in [0.15, 0.2) is 0 Å². The van der Waals surface area contributed by atoms with E-state index in [1.165, 1.54) is 12.8 Å². The summed E-state index contributed by atoms with van der Waals surface area (Å²) in [4.78, 5) is 11.0. The number of anilines is 1. The minimum absolute atomic E-state index is 0.222. The molecule has 2 rings (SSSR count). The average Bonchev–Trinajstić information content (AvgIpc) is 2.46. The Bertz CT molecular complexity index is 553. The smallest absolute Gasteiger partial charge is 0.217 e. The van der Waals surface area contributed by atoms with Gasteiger partial charge in [-0.05, 0) is 59.3 Å². The van der Waals surface area contributed by atoms with Crippen LogP contribution in [0.25, 0.3) is 0 Å². The molecule has 112 valence electrons. The van der Waals surface area contributed by atoms with Crippen LogP contribution in [0.1, 0.15) is 44.1 Å². The summed E-state index contributed by atoms with van der Waals surface area (Å²) in [6, 6.07) is 8.20. The summed E-state index contributed by atoms with van der Waals surface area (Å²) in [6.07, 6.45) is 5.99. The molecule has 1 amide bonds. The summed E-state index contributed by atoms with van der Waals surface area (Å²) in [5.74, 6) is 0.265. The number of halogens is 1. The molecule has 0 spiro atoms. The summed E-state index contributed by atoms with van der Waals surface area (Å²) in [5, 5.41) is 12.5. The van der Waals surface area contributed by atoms with Gasteiger partial charge in [-0.15, -0.1) is 0 Å². The largest absolute Gasteiger partial charge is 0.382 e. The minimum Gasteiger partial charge on any atom is -0.382 e. The van der Waals surface area contributed by atoms with Gasteiger partial charge in [0, 0.05) is 22.6 Å². The number of carbonyl (C=O) groups excluding carboxylic acids is 1. The number of amides is 1. The second kappa shape index (κ2) is 7.46. The van der Waals surface area contributed by atoms with Gasteiger partial charge in [-0.2, -0.15) is 5.26 Å². The lowest BCUT2D eigenvalue weighted by molar-refractivity contribution is -0.118. The van der Waals surface area contributed by atoms with Crippen LogP contribution in [0.15, 0.2) is 22.7 Å². The topological polar surface area (TPSA) is 78.9 Å². The molecule has 0 aromatic heterocycles. The van der Waals surface area contributed by atoms with Gasteiger partial charge in [-0.25, -0.2) is 0 Å². The molecule has 1 aliphatic carbocycles. The van der Waals surface area contributed by atoms with Gasteiger partial charge in [-0.1, -0.05) is 12.8 Å². The Morgan fingerprint density at radius 2 is 2.19 bits per heavy atom. The van der Waals surface area contributed by atoms with E-state index in [-0.39, 0.29) is 5.91 Å². The highest BCUT2D eigenvalue weighted by Crippen LogP contribution is 2.31. The number of carbonyl (C=O) groups is 1. The fourth-order valence-corrected chi connectivity index (χ4v) is 3.45. The molecule has 0 heterocycles. The van der Waals surface area contributed by atoms with Crippen molar-refractivity contribution in [2.75, 3.05) is 5.32 Å². The highest BCUT2D eigenvalue weighted by Gasteiger charge is 2.25. The molecule has 4 nitrogen and oxygen atoms in total. The van der Waals surface area contributed by atoms with Crippen molar-refractivity contribution in [1.82, 2.24) is 0 Å². The first-order chi connectivity index (χ1) is 10.1. The monoisotopic (exact) mass is 349 g/mol. The highest BCUT2D eigenvalue weighted by molar-refractivity contribution is 9.10. The molecule has 2 atom stereocenters. The number of nitrogens with zero attached hydrogens (tertiary/aromatic N) is 1. The number of primary amides is 1. The predicted molar refractivity (Wildman–Crippen MR) is 86.7 cm³/mol. The number of nitriles is 1. The van der Waals surface area contributed by atoms with Gasteiger partial charge in [0.2, 0.25) is 5.91 Å². The van der Waals surface area contributed by atoms with Crippen molar-refractivity contribution < 1.29 is 4.79 Å². The van der Waals surface area contributed by atoms with Crippen molar-refractivity contribution in [3.63, 3.8) is 0 Å². The van der Waals surface area contributed by atoms with Gasteiger partial charge < -0.3 is 11.1 Å². The zero-order valence-corrected chi connectivity index (χ0v) is 13.5. The third kappa shape index (κ3) is 4.47. The van der Waals surface area contributed by atoms with Crippen LogP contribution in [0.2, 0.25) is 0 Å². The zero-order chi connectivity index (χ0) is 15.2. The maximum absolute atomic E-state index is 11.0. The Morgan fingerprint density at radius 1 is 1.43 bits per heavy atom. The fraction of sp³-hybridized carbons (Fsp3) is 0.500. The van der Waals surface area contributed by atoms with Gasteiger partial charge in [0.05, 0.1) is 5.56 Å². The molecule has 0 aliphatic heterocycles. The molecular weight excluding hydrogens is 330 g/mol. The van der Waals surface area contributed by atoms with E-state index >= 15 is 0 Å². The molecule has 1 saturated carbocycles. The normalized spacial score (nSPS) is 21.5. The third-order valence-electron chi connectivity index (χ3n) is 4.11. The third-order valence-corrected chi connectivity index (χ3v) is 4.77. The summed E-state index contributed by atoms with van der Waals surface area (Å²) >= 11 is 3.41. The number of benzene rings is 1. The van der Waals surface area contributed by atoms with Crippen LogP contribution in [0.4, 0.5) is 5.69 Å². The molecular formula is C16H20BrN3O. The van der Waals surface area contributed by atoms with Crippen LogP contribution in [0.3, 0.4) is 0 Å². The SMILES string of the molecule is N#Cc1ccc(NC2CCCCC2CCC(N)=O)cc1Br. The molecule has 3 N–H and O–H groups in total. The Kier molecular flexibility index (Phi) is 5.63. The molecule has 1 aromatic carbocycles. The lowest BCUT2D eigenvalue weighted by atomic mass is 9.81. The number of hydrogen-bond acceptors (Lipinski definition) is 3. The van der Waals surface area contributed by atoms with Gasteiger partial charge in [-0.3, -0.25) is 4.79 Å². The number of hydrogen-bond donors (Lipinski definition) is 2. The van der Waals surface area contributed by atoms with E-state index in [0.29, 0.717) is 23.9 Å². The van der Waals surface area contributed by atoms with Crippen molar-refractivity contribution in [1.29, 1.82) is 5.26 Å². The summed E-state index contributed by atoms with van der Waals surface area (Å²) in [7, 11) is 0. The lowest BCUT2D eigenvalue weighted by Crippen LogP contribution is -2.33. The Hall–Kier alpha value is -1.54. The van der Waals surface area contributed by atoms with Crippen LogP contribution in [-0.4, -0.2) is 11.9 Å². The number of rotatable bonds is 5. The Morgan fingerprint density at radius 3 is 2.86 bits per heavy atom. The highest BCUT2D eigenvalue weighted by atomic mass is 79.9. The molecule has 1 aliphatic rings. The molecule has 0 saturated heterocycles. The standard InChI is InChI=1S/C16H20BrN3O/c17-14-9-13(7-5-12(14)10-18)20-15-4-2-1-3-11(15)6-8-16(19)21/h5,7,9,11,15,20H,1-4,6,8H2,(H2,19,21). The van der Waals surface area contributed by atoms with E-state index in [0.717, 1.165) is 29.4 Å². The quantitative estimate of drug-likeness (QED) is 0.852. The van der Waals surface area contributed by atoms with E-state index in [9.17, 15) is 4.79 Å². The first-order valence-corrected chi connectivity index (χ1v) is 8.14.